The highest BCUT2D eigenvalue weighted by molar-refractivity contribution is 6.00. The summed E-state index contributed by atoms with van der Waals surface area (Å²) in [5.74, 6) is 1.41. The number of nitrogens with zero attached hydrogens (tertiary/aromatic N) is 5. The largest absolute Gasteiger partial charge is 0.491 e. The molecule has 0 unspecified atom stereocenters. The summed E-state index contributed by atoms with van der Waals surface area (Å²) in [6.45, 7) is 2.72. The maximum Gasteiger partial charge on any atom is 0.187 e. The van der Waals surface area contributed by atoms with Crippen LogP contribution in [-0.2, 0) is 0 Å². The molecule has 0 spiro atoms. The fraction of sp³-hybridized carbons (Fsp3) is 0.357. The quantitative estimate of drug-likeness (QED) is 0.474. The van der Waals surface area contributed by atoms with Gasteiger partial charge in [-0.2, -0.15) is 5.10 Å². The second kappa shape index (κ2) is 6.70. The fourth-order valence-corrected chi connectivity index (χ4v) is 1.68. The van der Waals surface area contributed by atoms with Crippen molar-refractivity contribution in [2.24, 2.45) is 5.10 Å². The summed E-state index contributed by atoms with van der Waals surface area (Å²) in [4.78, 5) is 8.47. The molecule has 6 nitrogen and oxygen atoms in total. The Kier molecular flexibility index (Phi) is 4.70. The molecular weight excluding hydrogens is 254 g/mol. The van der Waals surface area contributed by atoms with Gasteiger partial charge in [-0.05, 0) is 18.6 Å². The normalized spacial score (nSPS) is 11.4. The first-order chi connectivity index (χ1) is 9.72. The lowest BCUT2D eigenvalue weighted by Crippen LogP contribution is -2.19. The van der Waals surface area contributed by atoms with E-state index in [1.54, 1.807) is 23.7 Å². The highest BCUT2D eigenvalue weighted by Gasteiger charge is 2.14. The van der Waals surface area contributed by atoms with E-state index < -0.39 is 0 Å². The third-order valence-corrected chi connectivity index (χ3v) is 2.49. The van der Waals surface area contributed by atoms with E-state index in [4.69, 9.17) is 4.74 Å². The lowest BCUT2D eigenvalue weighted by molar-refractivity contribution is 0.315. The number of pyridine rings is 1. The number of imidazole rings is 1. The van der Waals surface area contributed by atoms with Gasteiger partial charge >= 0.3 is 0 Å². The van der Waals surface area contributed by atoms with Crippen LogP contribution in [0.25, 0.3) is 0 Å². The molecule has 106 valence electrons. The van der Waals surface area contributed by atoms with E-state index in [-0.39, 0.29) is 0 Å². The number of ether oxygens (including phenoxy) is 1. The Bertz CT molecular complexity index is 563. The molecule has 0 aromatic carbocycles. The summed E-state index contributed by atoms with van der Waals surface area (Å²) >= 11 is 0. The second-order valence-electron chi connectivity index (χ2n) is 4.44. The van der Waals surface area contributed by atoms with Crippen molar-refractivity contribution < 1.29 is 4.74 Å². The van der Waals surface area contributed by atoms with E-state index in [0.717, 1.165) is 12.2 Å². The zero-order chi connectivity index (χ0) is 14.4. The summed E-state index contributed by atoms with van der Waals surface area (Å²) in [5, 5.41) is 6.22. The predicted octanol–water partition coefficient (Wildman–Crippen LogP) is 1.84. The van der Waals surface area contributed by atoms with E-state index in [1.165, 1.54) is 0 Å². The van der Waals surface area contributed by atoms with Crippen molar-refractivity contribution in [3.05, 3.63) is 42.7 Å². The highest BCUT2D eigenvalue weighted by Crippen LogP contribution is 2.17. The lowest BCUT2D eigenvalue weighted by Gasteiger charge is -2.14. The maximum absolute atomic E-state index is 5.75. The zero-order valence-electron chi connectivity index (χ0n) is 12.0. The van der Waals surface area contributed by atoms with E-state index in [2.05, 4.69) is 22.0 Å². The van der Waals surface area contributed by atoms with Crippen LogP contribution in [0.15, 0.2) is 42.2 Å². The number of rotatable bonds is 5. The smallest absolute Gasteiger partial charge is 0.187 e. The number of aromatic nitrogens is 3. The summed E-state index contributed by atoms with van der Waals surface area (Å²) in [7, 11) is 3.74. The van der Waals surface area contributed by atoms with Gasteiger partial charge in [0.25, 0.3) is 0 Å². The summed E-state index contributed by atoms with van der Waals surface area (Å²) < 4.78 is 7.57. The molecule has 2 heterocycles. The molecule has 0 aliphatic heterocycles. The van der Waals surface area contributed by atoms with Crippen LogP contribution in [0.1, 0.15) is 19.0 Å². The van der Waals surface area contributed by atoms with Gasteiger partial charge in [0.1, 0.15) is 17.8 Å². The first kappa shape index (κ1) is 14.0. The van der Waals surface area contributed by atoms with Crippen molar-refractivity contribution >= 4 is 5.84 Å². The molecule has 0 N–H and O–H groups in total. The first-order valence-corrected chi connectivity index (χ1v) is 6.54. The molecule has 20 heavy (non-hydrogen) atoms. The van der Waals surface area contributed by atoms with Crippen LogP contribution in [0.2, 0.25) is 0 Å². The van der Waals surface area contributed by atoms with E-state index in [0.29, 0.717) is 18.1 Å². The van der Waals surface area contributed by atoms with Crippen LogP contribution in [0.3, 0.4) is 0 Å². The predicted molar refractivity (Wildman–Crippen MR) is 77.9 cm³/mol. The summed E-state index contributed by atoms with van der Waals surface area (Å²) in [5.41, 5.74) is 0.702. The summed E-state index contributed by atoms with van der Waals surface area (Å²) in [6, 6.07) is 3.76. The lowest BCUT2D eigenvalue weighted by atomic mass is 10.3. The van der Waals surface area contributed by atoms with Crippen LogP contribution in [-0.4, -0.2) is 46.1 Å². The van der Waals surface area contributed by atoms with E-state index in [9.17, 15) is 0 Å². The molecular formula is C14H19N5O. The standard InChI is InChI=1S/C14H19N5O/c1-4-10-20-12-6-5-7-16-13(12)14(17-18(2)3)19-9-8-15-11-19/h5-9,11H,4,10H2,1-3H3. The van der Waals surface area contributed by atoms with Crippen LogP contribution in [0, 0.1) is 0 Å². The molecule has 0 aliphatic carbocycles. The third-order valence-electron chi connectivity index (χ3n) is 2.49. The van der Waals surface area contributed by atoms with Gasteiger partial charge in [0.2, 0.25) is 0 Å². The average Bonchev–Trinajstić information content (AvgIpc) is 2.97. The van der Waals surface area contributed by atoms with Crippen molar-refractivity contribution in [2.45, 2.75) is 13.3 Å². The highest BCUT2D eigenvalue weighted by atomic mass is 16.5. The molecule has 0 atom stereocenters. The number of hydrogen-bond acceptors (Lipinski definition) is 5. The first-order valence-electron chi connectivity index (χ1n) is 6.54. The van der Waals surface area contributed by atoms with Gasteiger partial charge in [-0.3, -0.25) is 4.57 Å². The van der Waals surface area contributed by atoms with Gasteiger partial charge in [0.05, 0.1) is 6.61 Å². The van der Waals surface area contributed by atoms with Crippen molar-refractivity contribution in [3.8, 4) is 5.75 Å². The van der Waals surface area contributed by atoms with Crippen LogP contribution in [0.4, 0.5) is 0 Å². The molecule has 2 aromatic rings. The number of hydrogen-bond donors (Lipinski definition) is 0. The van der Waals surface area contributed by atoms with Crippen LogP contribution >= 0.6 is 0 Å². The molecule has 2 aromatic heterocycles. The molecule has 2 rings (SSSR count). The minimum atomic E-state index is 0.651. The van der Waals surface area contributed by atoms with Gasteiger partial charge in [0.15, 0.2) is 5.84 Å². The van der Waals surface area contributed by atoms with Crippen LogP contribution in [0.5, 0.6) is 5.75 Å². The second-order valence-corrected chi connectivity index (χ2v) is 4.44. The van der Waals surface area contributed by atoms with E-state index >= 15 is 0 Å². The molecule has 0 bridgehead atoms. The van der Waals surface area contributed by atoms with Gasteiger partial charge in [-0.15, -0.1) is 0 Å². The minimum absolute atomic E-state index is 0.651. The molecule has 0 aliphatic rings. The monoisotopic (exact) mass is 273 g/mol. The molecule has 0 amide bonds. The maximum atomic E-state index is 5.75. The summed E-state index contributed by atoms with van der Waals surface area (Å²) in [6.07, 6.45) is 7.91. The SMILES string of the molecule is CCCOc1cccnc1C(=NN(C)C)n1ccnc1. The molecule has 0 radical (unpaired) electrons. The van der Waals surface area contributed by atoms with Crippen molar-refractivity contribution in [2.75, 3.05) is 20.7 Å². The molecule has 0 saturated heterocycles. The van der Waals surface area contributed by atoms with Crippen molar-refractivity contribution in [1.82, 2.24) is 19.5 Å². The number of hydrazone groups is 1. The zero-order valence-corrected chi connectivity index (χ0v) is 12.0. The topological polar surface area (TPSA) is 55.5 Å². The van der Waals surface area contributed by atoms with Crippen molar-refractivity contribution in [1.29, 1.82) is 0 Å². The molecule has 0 fully saturated rings. The van der Waals surface area contributed by atoms with Gasteiger partial charge in [0, 0.05) is 32.7 Å². The Morgan fingerprint density at radius 1 is 1.40 bits per heavy atom. The van der Waals surface area contributed by atoms with E-state index in [1.807, 2.05) is 37.0 Å². The van der Waals surface area contributed by atoms with Crippen LogP contribution < -0.4 is 4.74 Å². The average molecular weight is 273 g/mol. The van der Waals surface area contributed by atoms with Gasteiger partial charge < -0.3 is 9.75 Å². The van der Waals surface area contributed by atoms with Gasteiger partial charge in [-0.25, -0.2) is 9.97 Å². The van der Waals surface area contributed by atoms with Crippen molar-refractivity contribution in [3.63, 3.8) is 0 Å². The minimum Gasteiger partial charge on any atom is -0.491 e. The van der Waals surface area contributed by atoms with Gasteiger partial charge in [-0.1, -0.05) is 6.92 Å². The Morgan fingerprint density at radius 2 is 2.25 bits per heavy atom. The Hall–Kier alpha value is -2.37. The third kappa shape index (κ3) is 3.34. The Balaban J connectivity index is 2.44. The molecule has 6 heteroatoms. The fourth-order valence-electron chi connectivity index (χ4n) is 1.68. The Labute approximate surface area is 118 Å². The Morgan fingerprint density at radius 3 is 2.90 bits per heavy atom. The molecule has 0 saturated carbocycles.